The molecule has 10 rings (SSSR count). The van der Waals surface area contributed by atoms with Crippen molar-refractivity contribution in [3.8, 4) is 22.6 Å². The number of likely N-dealkylation sites (tertiary alicyclic amines) is 2. The number of imide groups is 1. The van der Waals surface area contributed by atoms with Crippen molar-refractivity contribution in [3.63, 3.8) is 0 Å². The van der Waals surface area contributed by atoms with Crippen LogP contribution in [0.2, 0.25) is 5.02 Å². The van der Waals surface area contributed by atoms with Crippen molar-refractivity contribution < 1.29 is 46.9 Å². The Balaban J connectivity index is 0.750. The Morgan fingerprint density at radius 3 is 2.36 bits per heavy atom. The average Bonchev–Trinajstić information content (AvgIpc) is 3.90. The van der Waals surface area contributed by atoms with E-state index in [1.165, 1.54) is 27.8 Å². The molecule has 0 spiro atoms. The number of urea groups is 1. The molecule has 390 valence electrons. The van der Waals surface area contributed by atoms with Crippen LogP contribution in [0.4, 0.5) is 23.8 Å². The number of carbonyl (C=O) groups excluding carboxylic acids is 4. The third kappa shape index (κ3) is 9.33. The summed E-state index contributed by atoms with van der Waals surface area (Å²) in [6.45, 7) is 4.48. The molecule has 15 nitrogen and oxygen atoms in total. The lowest BCUT2D eigenvalue weighted by atomic mass is 9.77. The molecule has 0 bridgehead atoms. The number of halogens is 4. The highest BCUT2D eigenvalue weighted by Gasteiger charge is 2.49. The molecule has 0 radical (unpaired) electrons. The molecule has 5 amide bonds. The number of anilines is 1. The Morgan fingerprint density at radius 1 is 0.946 bits per heavy atom. The van der Waals surface area contributed by atoms with Gasteiger partial charge in [0.1, 0.15) is 23.7 Å². The van der Waals surface area contributed by atoms with Crippen molar-refractivity contribution in [3.05, 3.63) is 118 Å². The normalized spacial score (nSPS) is 23.0. The zero-order valence-electron chi connectivity index (χ0n) is 41.4. The number of benzene rings is 4. The quantitative estimate of drug-likeness (QED) is 0.0898. The summed E-state index contributed by atoms with van der Waals surface area (Å²) in [5.74, 6) is -3.78. The lowest BCUT2D eigenvalue weighted by Gasteiger charge is -2.43. The number of nitrogens with two attached hydrogens (primary N) is 1. The monoisotopic (exact) mass is 1040 g/mol. The van der Waals surface area contributed by atoms with Crippen LogP contribution in [0.3, 0.4) is 0 Å². The number of primary amides is 1. The number of hydrogen-bond acceptors (Lipinski definition) is 10. The van der Waals surface area contributed by atoms with E-state index in [1.54, 1.807) is 7.05 Å². The molecule has 74 heavy (non-hydrogen) atoms. The summed E-state index contributed by atoms with van der Waals surface area (Å²) in [7, 11) is 1.67. The molecule has 4 fully saturated rings. The molecule has 4 aromatic carbocycles. The van der Waals surface area contributed by atoms with Gasteiger partial charge in [0.15, 0.2) is 28.8 Å². The predicted molar refractivity (Wildman–Crippen MR) is 272 cm³/mol. The molecule has 0 unspecified atom stereocenters. The number of aliphatic hydroxyl groups excluding tert-OH is 1. The summed E-state index contributed by atoms with van der Waals surface area (Å²) in [5, 5.41) is 19.8. The van der Waals surface area contributed by atoms with Gasteiger partial charge in [-0.1, -0.05) is 54.9 Å². The molecule has 19 heteroatoms. The van der Waals surface area contributed by atoms with Gasteiger partial charge in [0.25, 0.3) is 0 Å². The maximum Gasteiger partial charge on any atom is 0.329 e. The van der Waals surface area contributed by atoms with Crippen LogP contribution in [0.5, 0.6) is 11.5 Å². The third-order valence-corrected chi connectivity index (χ3v) is 16.4. The smallest absolute Gasteiger partial charge is 0.329 e. The number of rotatable bonds is 13. The summed E-state index contributed by atoms with van der Waals surface area (Å²) in [5.41, 5.74) is 5.96. The van der Waals surface area contributed by atoms with Gasteiger partial charge in [-0.2, -0.15) is 5.10 Å². The number of fused-ring (bicyclic) bond motifs is 2. The second kappa shape index (κ2) is 20.9. The van der Waals surface area contributed by atoms with Crippen LogP contribution in [0.25, 0.3) is 22.0 Å². The van der Waals surface area contributed by atoms with Gasteiger partial charge in [-0.25, -0.2) is 18.0 Å². The van der Waals surface area contributed by atoms with E-state index in [-0.39, 0.29) is 83.3 Å². The van der Waals surface area contributed by atoms with E-state index in [2.05, 4.69) is 20.6 Å². The molecule has 3 saturated heterocycles. The van der Waals surface area contributed by atoms with Gasteiger partial charge in [0.2, 0.25) is 17.7 Å². The number of nitrogens with zero attached hydrogens (tertiary/aromatic N) is 5. The van der Waals surface area contributed by atoms with Gasteiger partial charge in [-0.15, -0.1) is 0 Å². The first kappa shape index (κ1) is 50.9. The fourth-order valence-corrected chi connectivity index (χ4v) is 12.4. The topological polar surface area (TPSA) is 185 Å². The zero-order chi connectivity index (χ0) is 52.0. The van der Waals surface area contributed by atoms with E-state index in [1.807, 2.05) is 66.6 Å². The third-order valence-electron chi connectivity index (χ3n) is 16.0. The van der Waals surface area contributed by atoms with Crippen LogP contribution >= 0.6 is 11.6 Å². The van der Waals surface area contributed by atoms with E-state index in [0.29, 0.717) is 47.0 Å². The summed E-state index contributed by atoms with van der Waals surface area (Å²) in [4.78, 5) is 56.9. The molecule has 5 aromatic rings. The highest BCUT2D eigenvalue weighted by Crippen LogP contribution is 2.57. The van der Waals surface area contributed by atoms with Crippen LogP contribution in [0, 0.1) is 23.4 Å². The molecule has 5 N–H and O–H groups in total. The van der Waals surface area contributed by atoms with Crippen LogP contribution in [-0.2, 0) is 22.2 Å². The highest BCUT2D eigenvalue weighted by molar-refractivity contribution is 6.34. The van der Waals surface area contributed by atoms with Crippen LogP contribution in [-0.4, -0.2) is 106 Å². The zero-order valence-corrected chi connectivity index (χ0v) is 42.1. The summed E-state index contributed by atoms with van der Waals surface area (Å²) in [6, 6.07) is 16.6. The molecule has 4 aliphatic heterocycles. The Hall–Kier alpha value is -6.63. The number of aliphatic hydroxyl groups is 1. The minimum Gasteiger partial charge on any atom is -0.488 e. The Bertz CT molecular complexity index is 3020. The molecule has 5 aliphatic rings. The van der Waals surface area contributed by atoms with Crippen molar-refractivity contribution in [2.45, 2.75) is 94.2 Å². The maximum absolute atomic E-state index is 16.4. The lowest BCUT2D eigenvalue weighted by Crippen LogP contribution is -2.50. The van der Waals surface area contributed by atoms with Crippen molar-refractivity contribution in [1.29, 1.82) is 0 Å². The fraction of sp³-hybridized carbons (Fsp3) is 0.436. The Labute approximate surface area is 431 Å². The fourth-order valence-electron chi connectivity index (χ4n) is 12.1. The molecule has 5 heterocycles. The molecule has 2 atom stereocenters. The minimum absolute atomic E-state index is 0.0350. The Kier molecular flexibility index (Phi) is 14.4. The van der Waals surface area contributed by atoms with Crippen LogP contribution in [0.15, 0.2) is 72.9 Å². The second-order valence-electron chi connectivity index (χ2n) is 20.2. The first-order valence-electron chi connectivity index (χ1n) is 25.5. The van der Waals surface area contributed by atoms with E-state index in [4.69, 9.17) is 26.8 Å². The first-order valence-corrected chi connectivity index (χ1v) is 25.9. The number of carbonyl (C=O) groups is 4. The van der Waals surface area contributed by atoms with Crippen molar-refractivity contribution in [2.24, 2.45) is 18.7 Å². The van der Waals surface area contributed by atoms with E-state index >= 15 is 13.2 Å². The second-order valence-corrected chi connectivity index (χ2v) is 20.5. The summed E-state index contributed by atoms with van der Waals surface area (Å²) in [6.07, 6.45) is 10.2. The maximum atomic E-state index is 16.4. The molecule has 1 aliphatic carbocycles. The molecular weight excluding hydrogens is 977 g/mol. The van der Waals surface area contributed by atoms with Gasteiger partial charge >= 0.3 is 6.03 Å². The highest BCUT2D eigenvalue weighted by atomic mass is 35.5. The van der Waals surface area contributed by atoms with Gasteiger partial charge < -0.3 is 35.4 Å². The van der Waals surface area contributed by atoms with Crippen molar-refractivity contribution in [1.82, 2.24) is 30.2 Å². The first-order chi connectivity index (χ1) is 35.7. The standard InChI is InChI=1S/C55H60ClF3N8O7/c1-31-44-42(30-40(57)47(56)46(44)45-38(51(60)70)14-15-41(49(45)59)73-29-28-68)74-55(31,34-6-4-3-5-7-34)21-22-61-35-10-8-33(9-11-35)53(71)66-25-18-36(19-26-66)65-23-16-32(17-24-65)37-12-13-39-50(48(37)58)64(2)63-52(39)67-27-20-43(69)62-54(67)72/h3-7,12-15,21-22,30-33,35-36,61,68H,8-11,16-20,23-29H2,1-2H3,(H2,60,70)(H,62,69,72)/b22-21-/t31-,33?,35?,55-/m0/s1. The summed E-state index contributed by atoms with van der Waals surface area (Å²) < 4.78 is 62.2. The summed E-state index contributed by atoms with van der Waals surface area (Å²) >= 11 is 6.70. The van der Waals surface area contributed by atoms with E-state index in [9.17, 15) is 24.3 Å². The average molecular weight is 1040 g/mol. The predicted octanol–water partition coefficient (Wildman–Crippen LogP) is 8.15. The Morgan fingerprint density at radius 2 is 1.68 bits per heavy atom. The number of ether oxygens (including phenoxy) is 2. The number of aryl methyl sites for hydroxylation is 1. The number of piperidine rings is 2. The molecule has 1 saturated carbocycles. The molecule has 1 aromatic heterocycles. The van der Waals surface area contributed by atoms with E-state index in [0.717, 1.165) is 70.0 Å². The van der Waals surface area contributed by atoms with Crippen LogP contribution in [0.1, 0.15) is 104 Å². The van der Waals surface area contributed by atoms with Gasteiger partial charge in [-0.3, -0.25) is 29.3 Å². The van der Waals surface area contributed by atoms with Gasteiger partial charge in [-0.05, 0) is 112 Å². The van der Waals surface area contributed by atoms with Crippen molar-refractivity contribution in [2.75, 3.05) is 50.8 Å². The lowest BCUT2D eigenvalue weighted by molar-refractivity contribution is -0.138. The van der Waals surface area contributed by atoms with Gasteiger partial charge in [0, 0.05) is 85.2 Å². The molecular formula is C55H60ClF3N8O7. The number of nitrogens with one attached hydrogen (secondary N) is 2. The SMILES string of the molecule is C[C@H]1c2c(cc(F)c(Cl)c2-c2c(C(N)=O)ccc(OCCO)c2F)O[C@]1(/C=C\NC1CCC(C(=O)N2CCC(N3CCC(c4ccc5c(N6CCC(=O)NC6=O)nn(C)c5c4F)CC3)CC2)CC1)c1ccccc1. The van der Waals surface area contributed by atoms with Gasteiger partial charge in [0.05, 0.1) is 17.2 Å². The largest absolute Gasteiger partial charge is 0.488 e. The number of aromatic nitrogens is 2. The number of amides is 5. The van der Waals surface area contributed by atoms with E-state index < -0.39 is 46.7 Å². The van der Waals surface area contributed by atoms with Crippen LogP contribution < -0.4 is 30.7 Å². The van der Waals surface area contributed by atoms with Crippen molar-refractivity contribution >= 4 is 52.1 Å². The number of hydrogen-bond donors (Lipinski definition) is 4. The minimum atomic E-state index is -1.23.